The molecule has 0 bridgehead atoms. The zero-order chi connectivity index (χ0) is 20.2. The molecule has 154 valence electrons. The standard InChI is InChI=1S/C24H31N3O2/c1-3-4-13-29-23-11-5-18(6-12-23)24(28)25-21-7-9-22(10-8-21)27-16-19-14-26(2)15-20(19)17-27/h5-12,19-20H,3-4,13-17H2,1-2H3,(H,25,28). The van der Waals surface area contributed by atoms with E-state index in [0.717, 1.165) is 49.2 Å². The number of nitrogens with zero attached hydrogens (tertiary/aromatic N) is 2. The van der Waals surface area contributed by atoms with Crippen LogP contribution in [0.3, 0.4) is 0 Å². The van der Waals surface area contributed by atoms with Gasteiger partial charge < -0.3 is 19.9 Å². The van der Waals surface area contributed by atoms with Crippen LogP contribution in [0.15, 0.2) is 48.5 Å². The molecule has 2 aromatic rings. The van der Waals surface area contributed by atoms with E-state index in [4.69, 9.17) is 4.74 Å². The van der Waals surface area contributed by atoms with E-state index in [1.807, 2.05) is 36.4 Å². The summed E-state index contributed by atoms with van der Waals surface area (Å²) in [5.41, 5.74) is 2.70. The minimum Gasteiger partial charge on any atom is -0.494 e. The van der Waals surface area contributed by atoms with Crippen molar-refractivity contribution in [1.82, 2.24) is 4.90 Å². The molecule has 2 unspecified atom stereocenters. The van der Waals surface area contributed by atoms with E-state index in [1.54, 1.807) is 0 Å². The van der Waals surface area contributed by atoms with Crippen molar-refractivity contribution < 1.29 is 9.53 Å². The molecule has 2 atom stereocenters. The lowest BCUT2D eigenvalue weighted by Crippen LogP contribution is -2.26. The predicted octanol–water partition coefficient (Wildman–Crippen LogP) is 4.12. The topological polar surface area (TPSA) is 44.8 Å². The van der Waals surface area contributed by atoms with Crippen LogP contribution in [0.2, 0.25) is 0 Å². The molecule has 0 aromatic heterocycles. The van der Waals surface area contributed by atoms with Gasteiger partial charge in [0, 0.05) is 43.1 Å². The van der Waals surface area contributed by atoms with Gasteiger partial charge in [0.15, 0.2) is 0 Å². The van der Waals surface area contributed by atoms with Gasteiger partial charge in [-0.2, -0.15) is 0 Å². The summed E-state index contributed by atoms with van der Waals surface area (Å²) >= 11 is 0. The normalized spacial score (nSPS) is 21.2. The van der Waals surface area contributed by atoms with Gasteiger partial charge in [0.1, 0.15) is 5.75 Å². The van der Waals surface area contributed by atoms with Gasteiger partial charge in [-0.15, -0.1) is 0 Å². The maximum atomic E-state index is 12.5. The fraction of sp³-hybridized carbons (Fsp3) is 0.458. The largest absolute Gasteiger partial charge is 0.494 e. The summed E-state index contributed by atoms with van der Waals surface area (Å²) in [5, 5.41) is 2.99. The molecule has 0 saturated carbocycles. The minimum absolute atomic E-state index is 0.100. The predicted molar refractivity (Wildman–Crippen MR) is 118 cm³/mol. The lowest BCUT2D eigenvalue weighted by molar-refractivity contribution is 0.102. The highest BCUT2D eigenvalue weighted by Gasteiger charge is 2.38. The molecular weight excluding hydrogens is 362 g/mol. The van der Waals surface area contributed by atoms with Gasteiger partial charge in [-0.05, 0) is 73.8 Å². The molecule has 2 heterocycles. The number of unbranched alkanes of at least 4 members (excludes halogenated alkanes) is 1. The molecule has 2 fully saturated rings. The van der Waals surface area contributed by atoms with Crippen molar-refractivity contribution in [1.29, 1.82) is 0 Å². The van der Waals surface area contributed by atoms with Crippen LogP contribution in [0.25, 0.3) is 0 Å². The second-order valence-corrected chi connectivity index (χ2v) is 8.37. The number of amides is 1. The van der Waals surface area contributed by atoms with Crippen molar-refractivity contribution in [2.75, 3.05) is 50.1 Å². The van der Waals surface area contributed by atoms with Crippen LogP contribution in [-0.4, -0.2) is 50.6 Å². The van der Waals surface area contributed by atoms with E-state index in [-0.39, 0.29) is 5.91 Å². The van der Waals surface area contributed by atoms with E-state index in [9.17, 15) is 4.79 Å². The number of anilines is 2. The van der Waals surface area contributed by atoms with E-state index < -0.39 is 0 Å². The lowest BCUT2D eigenvalue weighted by Gasteiger charge is -2.21. The van der Waals surface area contributed by atoms with Gasteiger partial charge in [-0.25, -0.2) is 0 Å². The number of ether oxygens (including phenoxy) is 1. The maximum Gasteiger partial charge on any atom is 0.255 e. The molecule has 2 aromatic carbocycles. The molecule has 5 nitrogen and oxygen atoms in total. The number of hydrogen-bond acceptors (Lipinski definition) is 4. The molecule has 1 amide bonds. The van der Waals surface area contributed by atoms with Crippen LogP contribution in [-0.2, 0) is 0 Å². The van der Waals surface area contributed by atoms with Crippen molar-refractivity contribution in [2.45, 2.75) is 19.8 Å². The first kappa shape index (κ1) is 19.8. The fourth-order valence-corrected chi connectivity index (χ4v) is 4.43. The van der Waals surface area contributed by atoms with Crippen molar-refractivity contribution in [2.24, 2.45) is 11.8 Å². The second-order valence-electron chi connectivity index (χ2n) is 8.37. The SMILES string of the molecule is CCCCOc1ccc(C(=O)Nc2ccc(N3CC4CN(C)CC4C3)cc2)cc1. The number of likely N-dealkylation sites (tertiary alicyclic amines) is 1. The molecule has 0 spiro atoms. The molecule has 2 aliphatic rings. The smallest absolute Gasteiger partial charge is 0.255 e. The number of rotatable bonds is 7. The van der Waals surface area contributed by atoms with Crippen LogP contribution in [0, 0.1) is 11.8 Å². The molecular formula is C24H31N3O2. The molecule has 4 rings (SSSR count). The Morgan fingerprint density at radius 3 is 2.28 bits per heavy atom. The highest BCUT2D eigenvalue weighted by Crippen LogP contribution is 2.33. The van der Waals surface area contributed by atoms with Crippen LogP contribution in [0.5, 0.6) is 5.75 Å². The number of hydrogen-bond donors (Lipinski definition) is 1. The molecule has 29 heavy (non-hydrogen) atoms. The number of carbonyl (C=O) groups is 1. The van der Waals surface area contributed by atoms with E-state index >= 15 is 0 Å². The maximum absolute atomic E-state index is 12.5. The number of fused-ring (bicyclic) bond motifs is 1. The van der Waals surface area contributed by atoms with Crippen LogP contribution in [0.4, 0.5) is 11.4 Å². The van der Waals surface area contributed by atoms with Crippen molar-refractivity contribution in [3.8, 4) is 5.75 Å². The first-order chi connectivity index (χ1) is 14.1. The third-order valence-corrected chi connectivity index (χ3v) is 6.04. The van der Waals surface area contributed by atoms with Crippen molar-refractivity contribution in [3.63, 3.8) is 0 Å². The van der Waals surface area contributed by atoms with Crippen LogP contribution in [0.1, 0.15) is 30.1 Å². The highest BCUT2D eigenvalue weighted by molar-refractivity contribution is 6.04. The summed E-state index contributed by atoms with van der Waals surface area (Å²) in [4.78, 5) is 17.4. The average molecular weight is 394 g/mol. The van der Waals surface area contributed by atoms with Gasteiger partial charge in [0.05, 0.1) is 6.61 Å². The summed E-state index contributed by atoms with van der Waals surface area (Å²) in [6.45, 7) is 7.53. The summed E-state index contributed by atoms with van der Waals surface area (Å²) in [7, 11) is 2.22. The fourth-order valence-electron chi connectivity index (χ4n) is 4.43. The molecule has 0 radical (unpaired) electrons. The zero-order valence-corrected chi connectivity index (χ0v) is 17.4. The Morgan fingerprint density at radius 2 is 1.66 bits per heavy atom. The van der Waals surface area contributed by atoms with Gasteiger partial charge >= 0.3 is 0 Å². The van der Waals surface area contributed by atoms with Crippen molar-refractivity contribution in [3.05, 3.63) is 54.1 Å². The van der Waals surface area contributed by atoms with E-state index in [1.165, 1.54) is 18.8 Å². The van der Waals surface area contributed by atoms with Crippen molar-refractivity contribution >= 4 is 17.3 Å². The quantitative estimate of drug-likeness (QED) is 0.719. The average Bonchev–Trinajstić information content (AvgIpc) is 3.27. The lowest BCUT2D eigenvalue weighted by atomic mass is 10.0. The third kappa shape index (κ3) is 4.73. The molecule has 2 saturated heterocycles. The Labute approximate surface area is 173 Å². The van der Waals surface area contributed by atoms with Crippen LogP contribution >= 0.6 is 0 Å². The Morgan fingerprint density at radius 1 is 1.00 bits per heavy atom. The van der Waals surface area contributed by atoms with E-state index in [2.05, 4.69) is 41.2 Å². The van der Waals surface area contributed by atoms with Gasteiger partial charge in [-0.3, -0.25) is 4.79 Å². The van der Waals surface area contributed by atoms with Gasteiger partial charge in [0.25, 0.3) is 5.91 Å². The molecule has 2 aliphatic heterocycles. The van der Waals surface area contributed by atoms with E-state index in [0.29, 0.717) is 12.2 Å². The number of carbonyl (C=O) groups excluding carboxylic acids is 1. The number of nitrogens with one attached hydrogen (secondary N) is 1. The Bertz CT molecular complexity index is 805. The zero-order valence-electron chi connectivity index (χ0n) is 17.4. The number of benzene rings is 2. The van der Waals surface area contributed by atoms with Gasteiger partial charge in [-0.1, -0.05) is 13.3 Å². The molecule has 5 heteroatoms. The van der Waals surface area contributed by atoms with Crippen LogP contribution < -0.4 is 15.0 Å². The Balaban J connectivity index is 1.31. The van der Waals surface area contributed by atoms with Gasteiger partial charge in [0.2, 0.25) is 0 Å². The summed E-state index contributed by atoms with van der Waals surface area (Å²) < 4.78 is 5.66. The summed E-state index contributed by atoms with van der Waals surface area (Å²) in [5.74, 6) is 2.28. The summed E-state index contributed by atoms with van der Waals surface area (Å²) in [6.07, 6.45) is 2.14. The first-order valence-electron chi connectivity index (χ1n) is 10.7. The second kappa shape index (κ2) is 8.87. The molecule has 0 aliphatic carbocycles. The highest BCUT2D eigenvalue weighted by atomic mass is 16.5. The molecule has 1 N–H and O–H groups in total. The first-order valence-corrected chi connectivity index (χ1v) is 10.7. The monoisotopic (exact) mass is 393 g/mol. The minimum atomic E-state index is -0.100. The summed E-state index contributed by atoms with van der Waals surface area (Å²) in [6, 6.07) is 15.6. The Kier molecular flexibility index (Phi) is 6.05. The Hall–Kier alpha value is -2.53. The third-order valence-electron chi connectivity index (χ3n) is 6.04.